The van der Waals surface area contributed by atoms with E-state index in [9.17, 15) is 19.3 Å². The number of anilines is 1. The number of rotatable bonds is 5. The molecule has 0 amide bonds. The number of nitro benzene ring substituents is 1. The number of likely N-dealkylation sites (N-methyl/N-ethyl adjacent to an activating group) is 1. The lowest BCUT2D eigenvalue weighted by atomic mass is 10.1. The van der Waals surface area contributed by atoms with Gasteiger partial charge in [0.2, 0.25) is 0 Å². The van der Waals surface area contributed by atoms with Gasteiger partial charge in [0.15, 0.2) is 5.78 Å². The highest BCUT2D eigenvalue weighted by Crippen LogP contribution is 2.18. The third-order valence-electron chi connectivity index (χ3n) is 3.04. The summed E-state index contributed by atoms with van der Waals surface area (Å²) < 4.78 is 13.6. The number of hydrogen-bond acceptors (Lipinski definition) is 4. The molecule has 2 aromatic rings. The molecule has 0 unspecified atom stereocenters. The molecular formula is C15H13FN2O3. The predicted molar refractivity (Wildman–Crippen MR) is 77.1 cm³/mol. The van der Waals surface area contributed by atoms with E-state index in [2.05, 4.69) is 0 Å². The SMILES string of the molecule is CN(CC(=O)c1ccc([N+](=O)[O-])cc1)c1ccccc1F. The Bertz CT molecular complexity index is 671. The summed E-state index contributed by atoms with van der Waals surface area (Å²) in [5.74, 6) is -0.646. The fourth-order valence-corrected chi connectivity index (χ4v) is 1.92. The van der Waals surface area contributed by atoms with E-state index in [-0.39, 0.29) is 18.0 Å². The third-order valence-corrected chi connectivity index (χ3v) is 3.04. The molecular weight excluding hydrogens is 275 g/mol. The number of carbonyl (C=O) groups is 1. The Morgan fingerprint density at radius 2 is 1.81 bits per heavy atom. The zero-order valence-electron chi connectivity index (χ0n) is 11.3. The number of para-hydroxylation sites is 1. The summed E-state index contributed by atoms with van der Waals surface area (Å²) in [6, 6.07) is 11.5. The lowest BCUT2D eigenvalue weighted by Gasteiger charge is -2.18. The standard InChI is InChI=1S/C15H13FN2O3/c1-17(14-5-3-2-4-13(14)16)10-15(19)11-6-8-12(9-7-11)18(20)21/h2-9H,10H2,1H3. The summed E-state index contributed by atoms with van der Waals surface area (Å²) >= 11 is 0. The highest BCUT2D eigenvalue weighted by Gasteiger charge is 2.14. The molecule has 0 atom stereocenters. The van der Waals surface area contributed by atoms with Gasteiger partial charge >= 0.3 is 0 Å². The normalized spacial score (nSPS) is 10.2. The fraction of sp³-hybridized carbons (Fsp3) is 0.133. The Balaban J connectivity index is 2.11. The Morgan fingerprint density at radius 3 is 2.38 bits per heavy atom. The van der Waals surface area contributed by atoms with Gasteiger partial charge in [-0.05, 0) is 24.3 Å². The van der Waals surface area contributed by atoms with E-state index in [1.807, 2.05) is 0 Å². The highest BCUT2D eigenvalue weighted by atomic mass is 19.1. The van der Waals surface area contributed by atoms with Crippen LogP contribution in [0.3, 0.4) is 0 Å². The first-order valence-electron chi connectivity index (χ1n) is 6.22. The first kappa shape index (κ1) is 14.6. The summed E-state index contributed by atoms with van der Waals surface area (Å²) in [5.41, 5.74) is 0.602. The van der Waals surface area contributed by atoms with Gasteiger partial charge in [0.05, 0.1) is 17.2 Å². The summed E-state index contributed by atoms with van der Waals surface area (Å²) in [5, 5.41) is 10.6. The molecule has 2 aromatic carbocycles. The number of nitrogens with zero attached hydrogens (tertiary/aromatic N) is 2. The van der Waals surface area contributed by atoms with Crippen molar-refractivity contribution in [3.63, 3.8) is 0 Å². The Hall–Kier alpha value is -2.76. The Morgan fingerprint density at radius 1 is 1.19 bits per heavy atom. The maximum Gasteiger partial charge on any atom is 0.269 e. The number of halogens is 1. The zero-order valence-corrected chi connectivity index (χ0v) is 11.3. The minimum Gasteiger partial charge on any atom is -0.365 e. The average Bonchev–Trinajstić information content (AvgIpc) is 2.47. The molecule has 2 rings (SSSR count). The van der Waals surface area contributed by atoms with E-state index in [1.165, 1.54) is 35.2 Å². The van der Waals surface area contributed by atoms with Crippen molar-refractivity contribution in [2.24, 2.45) is 0 Å². The molecule has 0 saturated heterocycles. The largest absolute Gasteiger partial charge is 0.365 e. The molecule has 0 N–H and O–H groups in total. The maximum atomic E-state index is 13.6. The van der Waals surface area contributed by atoms with Gasteiger partial charge in [-0.25, -0.2) is 4.39 Å². The van der Waals surface area contributed by atoms with Crippen LogP contribution in [0.15, 0.2) is 48.5 Å². The van der Waals surface area contributed by atoms with Crippen LogP contribution in [-0.4, -0.2) is 24.3 Å². The van der Waals surface area contributed by atoms with E-state index in [4.69, 9.17) is 0 Å². The van der Waals surface area contributed by atoms with Crippen molar-refractivity contribution >= 4 is 17.2 Å². The topological polar surface area (TPSA) is 63.5 Å². The molecule has 21 heavy (non-hydrogen) atoms. The van der Waals surface area contributed by atoms with Crippen LogP contribution in [0.5, 0.6) is 0 Å². The van der Waals surface area contributed by atoms with Gasteiger partial charge < -0.3 is 4.90 Å². The van der Waals surface area contributed by atoms with Crippen LogP contribution in [0, 0.1) is 15.9 Å². The second kappa shape index (κ2) is 6.13. The van der Waals surface area contributed by atoms with Gasteiger partial charge in [-0.1, -0.05) is 12.1 Å². The second-order valence-electron chi connectivity index (χ2n) is 4.53. The first-order chi connectivity index (χ1) is 9.99. The molecule has 6 heteroatoms. The van der Waals surface area contributed by atoms with Crippen LogP contribution in [-0.2, 0) is 0 Å². The minimum atomic E-state index is -0.528. The lowest BCUT2D eigenvalue weighted by Crippen LogP contribution is -2.26. The van der Waals surface area contributed by atoms with Gasteiger partial charge in [-0.3, -0.25) is 14.9 Å². The summed E-state index contributed by atoms with van der Waals surface area (Å²) in [6.45, 7) is -0.0151. The summed E-state index contributed by atoms with van der Waals surface area (Å²) in [7, 11) is 1.61. The van der Waals surface area contributed by atoms with Crippen LogP contribution in [0.4, 0.5) is 15.8 Å². The van der Waals surface area contributed by atoms with E-state index in [0.717, 1.165) is 0 Å². The number of carbonyl (C=O) groups excluding carboxylic acids is 1. The molecule has 0 aliphatic carbocycles. The molecule has 0 fully saturated rings. The van der Waals surface area contributed by atoms with Crippen LogP contribution < -0.4 is 4.90 Å². The molecule has 0 bridgehead atoms. The highest BCUT2D eigenvalue weighted by molar-refractivity contribution is 5.99. The third kappa shape index (κ3) is 3.42. The number of ketones is 1. The van der Waals surface area contributed by atoms with Crippen LogP contribution >= 0.6 is 0 Å². The van der Waals surface area contributed by atoms with E-state index < -0.39 is 10.7 Å². The number of nitro groups is 1. The molecule has 0 aliphatic heterocycles. The minimum absolute atomic E-state index is 0.0151. The molecule has 0 radical (unpaired) electrons. The summed E-state index contributed by atoms with van der Waals surface area (Å²) in [4.78, 5) is 23.6. The van der Waals surface area contributed by atoms with Crippen molar-refractivity contribution in [1.82, 2.24) is 0 Å². The molecule has 108 valence electrons. The number of hydrogen-bond donors (Lipinski definition) is 0. The van der Waals surface area contributed by atoms with Crippen LogP contribution in [0.25, 0.3) is 0 Å². The fourth-order valence-electron chi connectivity index (χ4n) is 1.92. The zero-order chi connectivity index (χ0) is 15.4. The van der Waals surface area contributed by atoms with Crippen molar-refractivity contribution in [3.05, 3.63) is 70.0 Å². The molecule has 0 aliphatic rings. The van der Waals surface area contributed by atoms with Gasteiger partial charge in [-0.15, -0.1) is 0 Å². The molecule has 0 spiro atoms. The van der Waals surface area contributed by atoms with Gasteiger partial charge in [-0.2, -0.15) is 0 Å². The van der Waals surface area contributed by atoms with Gasteiger partial charge in [0.25, 0.3) is 5.69 Å². The van der Waals surface area contributed by atoms with Crippen LogP contribution in [0.2, 0.25) is 0 Å². The molecule has 0 heterocycles. The van der Waals surface area contributed by atoms with Crippen molar-refractivity contribution < 1.29 is 14.1 Å². The number of non-ortho nitro benzene ring substituents is 1. The van der Waals surface area contributed by atoms with Crippen molar-refractivity contribution in [1.29, 1.82) is 0 Å². The molecule has 5 nitrogen and oxygen atoms in total. The van der Waals surface area contributed by atoms with Crippen LogP contribution in [0.1, 0.15) is 10.4 Å². The quantitative estimate of drug-likeness (QED) is 0.482. The van der Waals surface area contributed by atoms with Crippen molar-refractivity contribution in [3.8, 4) is 0 Å². The van der Waals surface area contributed by atoms with Gasteiger partial charge in [0, 0.05) is 24.7 Å². The van der Waals surface area contributed by atoms with Crippen molar-refractivity contribution in [2.45, 2.75) is 0 Å². The van der Waals surface area contributed by atoms with E-state index in [0.29, 0.717) is 11.3 Å². The average molecular weight is 288 g/mol. The first-order valence-corrected chi connectivity index (χ1v) is 6.22. The van der Waals surface area contributed by atoms with E-state index in [1.54, 1.807) is 25.2 Å². The second-order valence-corrected chi connectivity index (χ2v) is 4.53. The van der Waals surface area contributed by atoms with Crippen molar-refractivity contribution in [2.75, 3.05) is 18.5 Å². The molecule has 0 aromatic heterocycles. The molecule has 0 saturated carbocycles. The maximum absolute atomic E-state index is 13.6. The Kier molecular flexibility index (Phi) is 4.27. The number of benzene rings is 2. The lowest BCUT2D eigenvalue weighted by molar-refractivity contribution is -0.384. The monoisotopic (exact) mass is 288 g/mol. The Labute approximate surface area is 120 Å². The van der Waals surface area contributed by atoms with E-state index >= 15 is 0 Å². The number of Topliss-reactive ketones (excluding diaryl/α,β-unsaturated/α-hetero) is 1. The smallest absolute Gasteiger partial charge is 0.269 e. The predicted octanol–water partition coefficient (Wildman–Crippen LogP) is 3.05. The van der Waals surface area contributed by atoms with Gasteiger partial charge in [0.1, 0.15) is 5.82 Å². The summed E-state index contributed by atoms with van der Waals surface area (Å²) in [6.07, 6.45) is 0.